The summed E-state index contributed by atoms with van der Waals surface area (Å²) in [7, 11) is 0. The molecule has 0 amide bonds. The normalized spacial score (nSPS) is 22.2. The van der Waals surface area contributed by atoms with Crippen LogP contribution in [-0.2, 0) is 6.54 Å². The number of hydrogen-bond donors (Lipinski definition) is 1. The van der Waals surface area contributed by atoms with Gasteiger partial charge in [0.05, 0.1) is 17.7 Å². The van der Waals surface area contributed by atoms with Crippen molar-refractivity contribution in [3.8, 4) is 0 Å². The van der Waals surface area contributed by atoms with Gasteiger partial charge in [0.1, 0.15) is 0 Å². The lowest BCUT2D eigenvalue weighted by atomic mass is 10.1. The summed E-state index contributed by atoms with van der Waals surface area (Å²) < 4.78 is 28.1. The third kappa shape index (κ3) is 1.91. The van der Waals surface area contributed by atoms with Crippen LogP contribution in [0.4, 0.5) is 8.78 Å². The second-order valence-electron chi connectivity index (χ2n) is 4.16. The van der Waals surface area contributed by atoms with Crippen molar-refractivity contribution in [2.24, 2.45) is 0 Å². The fourth-order valence-electron chi connectivity index (χ4n) is 2.04. The summed E-state index contributed by atoms with van der Waals surface area (Å²) in [5.74, 6) is -1.80. The van der Waals surface area contributed by atoms with E-state index in [1.165, 1.54) is 11.8 Å². The second-order valence-corrected chi connectivity index (χ2v) is 5.45. The molecule has 1 N–H and O–H groups in total. The number of halogens is 2. The summed E-state index contributed by atoms with van der Waals surface area (Å²) in [4.78, 5) is 4.52. The standard InChI is InChI=1S/C12H10F2N2OS/c13-8-3-7-10(4-9(8)14)18-11(12(7)17)5-16-2-1-15-6-16/h1-4,6,11-12,17H,5H2. The van der Waals surface area contributed by atoms with E-state index in [0.29, 0.717) is 17.0 Å². The molecule has 2 atom stereocenters. The van der Waals surface area contributed by atoms with E-state index < -0.39 is 17.7 Å². The SMILES string of the molecule is OC1c2cc(F)c(F)cc2SC1Cn1ccnc1. The maximum absolute atomic E-state index is 13.1. The van der Waals surface area contributed by atoms with E-state index >= 15 is 0 Å². The Hall–Kier alpha value is -1.40. The van der Waals surface area contributed by atoms with Crippen molar-refractivity contribution in [3.05, 3.63) is 48.1 Å². The summed E-state index contributed by atoms with van der Waals surface area (Å²) in [5.41, 5.74) is 0.462. The molecule has 18 heavy (non-hydrogen) atoms. The Balaban J connectivity index is 1.87. The first kappa shape index (κ1) is 11.7. The fraction of sp³-hybridized carbons (Fsp3) is 0.250. The van der Waals surface area contributed by atoms with Crippen LogP contribution in [0, 0.1) is 11.6 Å². The van der Waals surface area contributed by atoms with Crippen LogP contribution in [-0.4, -0.2) is 19.9 Å². The molecule has 3 rings (SSSR count). The Morgan fingerprint density at radius 3 is 2.83 bits per heavy atom. The molecule has 1 aromatic carbocycles. The quantitative estimate of drug-likeness (QED) is 0.908. The predicted molar refractivity (Wildman–Crippen MR) is 63.2 cm³/mol. The smallest absolute Gasteiger partial charge is 0.159 e. The zero-order valence-corrected chi connectivity index (χ0v) is 10.1. The Bertz CT molecular complexity index is 574. The zero-order valence-electron chi connectivity index (χ0n) is 9.25. The van der Waals surface area contributed by atoms with Gasteiger partial charge in [-0.3, -0.25) is 0 Å². The number of rotatable bonds is 2. The number of aliphatic hydroxyl groups excluding tert-OH is 1. The van der Waals surface area contributed by atoms with Crippen molar-refractivity contribution < 1.29 is 13.9 Å². The van der Waals surface area contributed by atoms with E-state index in [-0.39, 0.29) is 5.25 Å². The van der Waals surface area contributed by atoms with E-state index in [4.69, 9.17) is 0 Å². The van der Waals surface area contributed by atoms with Gasteiger partial charge in [0.15, 0.2) is 11.6 Å². The van der Waals surface area contributed by atoms with Gasteiger partial charge in [-0.1, -0.05) is 0 Å². The maximum atomic E-state index is 13.1. The van der Waals surface area contributed by atoms with Crippen molar-refractivity contribution in [1.82, 2.24) is 9.55 Å². The highest BCUT2D eigenvalue weighted by molar-refractivity contribution is 8.00. The minimum Gasteiger partial charge on any atom is -0.387 e. The Morgan fingerprint density at radius 2 is 2.11 bits per heavy atom. The number of aliphatic hydroxyl groups is 1. The average Bonchev–Trinajstić information content (AvgIpc) is 2.93. The number of nitrogens with zero attached hydrogens (tertiary/aromatic N) is 2. The molecule has 1 aliphatic rings. The molecule has 3 nitrogen and oxygen atoms in total. The highest BCUT2D eigenvalue weighted by Crippen LogP contribution is 2.45. The van der Waals surface area contributed by atoms with E-state index in [2.05, 4.69) is 4.98 Å². The third-order valence-corrected chi connectivity index (χ3v) is 4.27. The monoisotopic (exact) mass is 268 g/mol. The largest absolute Gasteiger partial charge is 0.387 e. The number of hydrogen-bond acceptors (Lipinski definition) is 3. The van der Waals surface area contributed by atoms with Crippen LogP contribution in [0.2, 0.25) is 0 Å². The lowest BCUT2D eigenvalue weighted by Gasteiger charge is -2.14. The highest BCUT2D eigenvalue weighted by atomic mass is 32.2. The number of benzene rings is 1. The van der Waals surface area contributed by atoms with E-state index in [9.17, 15) is 13.9 Å². The van der Waals surface area contributed by atoms with Gasteiger partial charge < -0.3 is 9.67 Å². The van der Waals surface area contributed by atoms with Crippen LogP contribution in [0.1, 0.15) is 11.7 Å². The van der Waals surface area contributed by atoms with Gasteiger partial charge in [0.25, 0.3) is 0 Å². The number of imidazole rings is 1. The number of fused-ring (bicyclic) bond motifs is 1. The van der Waals surface area contributed by atoms with Crippen molar-refractivity contribution in [2.75, 3.05) is 0 Å². The van der Waals surface area contributed by atoms with Gasteiger partial charge in [-0.2, -0.15) is 0 Å². The summed E-state index contributed by atoms with van der Waals surface area (Å²) in [6, 6.07) is 2.22. The minimum atomic E-state index is -0.920. The van der Waals surface area contributed by atoms with E-state index in [0.717, 1.165) is 12.1 Å². The van der Waals surface area contributed by atoms with Gasteiger partial charge in [-0.25, -0.2) is 13.8 Å². The first-order valence-electron chi connectivity index (χ1n) is 5.44. The lowest BCUT2D eigenvalue weighted by molar-refractivity contribution is 0.169. The zero-order chi connectivity index (χ0) is 12.7. The Kier molecular flexibility index (Phi) is 2.83. The van der Waals surface area contributed by atoms with Crippen LogP contribution in [0.5, 0.6) is 0 Å². The molecule has 0 aliphatic carbocycles. The molecule has 0 saturated heterocycles. The fourth-order valence-corrected chi connectivity index (χ4v) is 3.38. The average molecular weight is 268 g/mol. The van der Waals surface area contributed by atoms with E-state index in [1.807, 2.05) is 4.57 Å². The van der Waals surface area contributed by atoms with Crippen molar-refractivity contribution >= 4 is 11.8 Å². The van der Waals surface area contributed by atoms with Gasteiger partial charge in [-0.05, 0) is 17.7 Å². The minimum absolute atomic E-state index is 0.157. The summed E-state index contributed by atoms with van der Waals surface area (Å²) in [6.45, 7) is 0.545. The summed E-state index contributed by atoms with van der Waals surface area (Å²) >= 11 is 1.36. The molecule has 0 bridgehead atoms. The van der Waals surface area contributed by atoms with Crippen LogP contribution in [0.25, 0.3) is 0 Å². The molecule has 2 aromatic rings. The van der Waals surface area contributed by atoms with Gasteiger partial charge in [-0.15, -0.1) is 11.8 Å². The maximum Gasteiger partial charge on any atom is 0.159 e. The van der Waals surface area contributed by atoms with Gasteiger partial charge >= 0.3 is 0 Å². The summed E-state index contributed by atoms with van der Waals surface area (Å²) in [5, 5.41) is 9.95. The molecule has 94 valence electrons. The van der Waals surface area contributed by atoms with Crippen LogP contribution in [0.3, 0.4) is 0 Å². The molecule has 6 heteroatoms. The Morgan fingerprint density at radius 1 is 1.33 bits per heavy atom. The molecule has 0 spiro atoms. The second kappa shape index (κ2) is 4.37. The number of thioether (sulfide) groups is 1. The predicted octanol–water partition coefficient (Wildman–Crippen LogP) is 2.37. The summed E-state index contributed by atoms with van der Waals surface area (Å²) in [6.07, 6.45) is 4.30. The van der Waals surface area contributed by atoms with Gasteiger partial charge in [0, 0.05) is 23.8 Å². The first-order valence-corrected chi connectivity index (χ1v) is 6.32. The Labute approximate surface area is 106 Å². The van der Waals surface area contributed by atoms with Gasteiger partial charge in [0.2, 0.25) is 0 Å². The molecule has 2 heterocycles. The molecule has 0 saturated carbocycles. The lowest BCUT2D eigenvalue weighted by Crippen LogP contribution is -2.16. The van der Waals surface area contributed by atoms with Crippen LogP contribution < -0.4 is 0 Å². The van der Waals surface area contributed by atoms with Crippen molar-refractivity contribution in [1.29, 1.82) is 0 Å². The first-order chi connectivity index (χ1) is 8.65. The molecule has 2 unspecified atom stereocenters. The molecular weight excluding hydrogens is 258 g/mol. The molecule has 1 aliphatic heterocycles. The van der Waals surface area contributed by atoms with Crippen LogP contribution in [0.15, 0.2) is 35.7 Å². The van der Waals surface area contributed by atoms with E-state index in [1.54, 1.807) is 18.7 Å². The van der Waals surface area contributed by atoms with Crippen LogP contribution >= 0.6 is 11.8 Å². The molecule has 0 radical (unpaired) electrons. The number of aromatic nitrogens is 2. The molecule has 0 fully saturated rings. The third-order valence-electron chi connectivity index (χ3n) is 2.95. The molecular formula is C12H10F2N2OS. The highest BCUT2D eigenvalue weighted by Gasteiger charge is 2.33. The van der Waals surface area contributed by atoms with Crippen molar-refractivity contribution in [2.45, 2.75) is 22.8 Å². The topological polar surface area (TPSA) is 38.0 Å². The van der Waals surface area contributed by atoms with Crippen molar-refractivity contribution in [3.63, 3.8) is 0 Å². The molecule has 1 aromatic heterocycles.